The quantitative estimate of drug-likeness (QED) is 0.257. The van der Waals surface area contributed by atoms with Gasteiger partial charge in [-0.3, -0.25) is 14.6 Å². The fourth-order valence-electron chi connectivity index (χ4n) is 6.10. The second-order valence-corrected chi connectivity index (χ2v) is 13.3. The van der Waals surface area contributed by atoms with Crippen LogP contribution in [0.1, 0.15) is 73.1 Å². The molecular formula is C35H45N7O3. The Labute approximate surface area is 266 Å². The molecule has 238 valence electrons. The van der Waals surface area contributed by atoms with Crippen LogP contribution in [0, 0.1) is 6.92 Å². The predicted molar refractivity (Wildman–Crippen MR) is 177 cm³/mol. The molecule has 3 aromatic heterocycles. The predicted octanol–water partition coefficient (Wildman–Crippen LogP) is 6.18. The summed E-state index contributed by atoms with van der Waals surface area (Å²) < 4.78 is 7.63. The highest BCUT2D eigenvalue weighted by Crippen LogP contribution is 2.33. The van der Waals surface area contributed by atoms with Gasteiger partial charge >= 0.3 is 6.09 Å². The minimum Gasteiger partial charge on any atom is -0.443 e. The van der Waals surface area contributed by atoms with Crippen LogP contribution < -0.4 is 4.90 Å². The molecule has 0 spiro atoms. The van der Waals surface area contributed by atoms with Gasteiger partial charge in [0.15, 0.2) is 5.82 Å². The summed E-state index contributed by atoms with van der Waals surface area (Å²) in [6.45, 7) is 10.5. The minimum absolute atomic E-state index is 0.0409. The number of carbonyl (C=O) groups excluding carboxylic acids is 2. The number of hydrogen-bond donors (Lipinski definition) is 0. The molecule has 0 saturated carbocycles. The Morgan fingerprint density at radius 1 is 1.00 bits per heavy atom. The SMILES string of the molecule is Cc1cc(C(=O)N(C)C)ccc1C1CCCN(Cc2cc3c(-c4ccc(N(C)C(=O)OC(C)(C)C)nn4)ccnc3n2C)CC1. The summed E-state index contributed by atoms with van der Waals surface area (Å²) in [6, 6.07) is 14.0. The van der Waals surface area contributed by atoms with E-state index in [1.165, 1.54) is 21.7 Å². The van der Waals surface area contributed by atoms with E-state index in [1.807, 2.05) is 45.0 Å². The van der Waals surface area contributed by atoms with Gasteiger partial charge in [-0.15, -0.1) is 10.2 Å². The summed E-state index contributed by atoms with van der Waals surface area (Å²) in [5, 5.41) is 9.81. The molecule has 1 fully saturated rings. The first-order valence-electron chi connectivity index (χ1n) is 15.6. The van der Waals surface area contributed by atoms with Gasteiger partial charge in [0.2, 0.25) is 0 Å². The molecule has 1 aliphatic heterocycles. The van der Waals surface area contributed by atoms with Gasteiger partial charge in [-0.1, -0.05) is 6.07 Å². The maximum Gasteiger partial charge on any atom is 0.415 e. The molecule has 0 aliphatic carbocycles. The molecule has 5 rings (SSSR count). The van der Waals surface area contributed by atoms with E-state index in [9.17, 15) is 9.59 Å². The second-order valence-electron chi connectivity index (χ2n) is 13.3. The van der Waals surface area contributed by atoms with Crippen molar-refractivity contribution in [2.75, 3.05) is 39.1 Å². The summed E-state index contributed by atoms with van der Waals surface area (Å²) in [4.78, 5) is 35.1. The first-order valence-corrected chi connectivity index (χ1v) is 15.6. The molecule has 45 heavy (non-hydrogen) atoms. The number of fused-ring (bicyclic) bond motifs is 1. The number of ether oxygens (including phenoxy) is 1. The highest BCUT2D eigenvalue weighted by atomic mass is 16.6. The number of amides is 2. The van der Waals surface area contributed by atoms with E-state index >= 15 is 0 Å². The number of aryl methyl sites for hydroxylation is 2. The van der Waals surface area contributed by atoms with Gasteiger partial charge in [-0.05, 0) is 113 Å². The molecule has 1 aliphatic rings. The van der Waals surface area contributed by atoms with Crippen LogP contribution in [0.3, 0.4) is 0 Å². The summed E-state index contributed by atoms with van der Waals surface area (Å²) in [5.74, 6) is 0.939. The monoisotopic (exact) mass is 611 g/mol. The molecule has 10 heteroatoms. The molecular weight excluding hydrogens is 566 g/mol. The van der Waals surface area contributed by atoms with Crippen molar-refractivity contribution >= 4 is 28.9 Å². The van der Waals surface area contributed by atoms with Gasteiger partial charge in [-0.2, -0.15) is 0 Å². The molecule has 0 radical (unpaired) electrons. The van der Waals surface area contributed by atoms with Crippen molar-refractivity contribution in [3.05, 3.63) is 71.0 Å². The van der Waals surface area contributed by atoms with Gasteiger partial charge in [0.25, 0.3) is 5.91 Å². The molecule has 1 aromatic carbocycles. The fourth-order valence-corrected chi connectivity index (χ4v) is 6.10. The third-order valence-corrected chi connectivity index (χ3v) is 8.54. The molecule has 4 aromatic rings. The third kappa shape index (κ3) is 7.17. The van der Waals surface area contributed by atoms with Crippen LogP contribution in [0.2, 0.25) is 0 Å². The Kier molecular flexibility index (Phi) is 9.25. The summed E-state index contributed by atoms with van der Waals surface area (Å²) in [5.41, 5.74) is 6.46. The molecule has 10 nitrogen and oxygen atoms in total. The van der Waals surface area contributed by atoms with E-state index in [2.05, 4.69) is 45.8 Å². The molecule has 0 N–H and O–H groups in total. The summed E-state index contributed by atoms with van der Waals surface area (Å²) >= 11 is 0. The zero-order valence-electron chi connectivity index (χ0n) is 27.8. The van der Waals surface area contributed by atoms with E-state index in [0.717, 1.165) is 61.1 Å². The number of anilines is 1. The lowest BCUT2D eigenvalue weighted by Gasteiger charge is -2.23. The second kappa shape index (κ2) is 13.0. The first kappa shape index (κ1) is 32.1. The molecule has 4 heterocycles. The number of nitrogens with zero attached hydrogens (tertiary/aromatic N) is 7. The van der Waals surface area contributed by atoms with Crippen molar-refractivity contribution in [2.45, 2.75) is 65.0 Å². The number of aromatic nitrogens is 4. The topological polar surface area (TPSA) is 96.7 Å². The van der Waals surface area contributed by atoms with E-state index in [4.69, 9.17) is 9.72 Å². The number of benzene rings is 1. The Balaban J connectivity index is 1.30. The van der Waals surface area contributed by atoms with Crippen LogP contribution in [0.5, 0.6) is 0 Å². The average Bonchev–Trinajstić information content (AvgIpc) is 3.15. The average molecular weight is 612 g/mol. The summed E-state index contributed by atoms with van der Waals surface area (Å²) in [6.07, 6.45) is 4.66. The molecule has 1 saturated heterocycles. The highest BCUT2D eigenvalue weighted by Gasteiger charge is 2.24. The highest BCUT2D eigenvalue weighted by molar-refractivity contribution is 5.94. The number of carbonyl (C=O) groups is 2. The Morgan fingerprint density at radius 2 is 1.78 bits per heavy atom. The maximum absolute atomic E-state index is 12.5. The van der Waals surface area contributed by atoms with Gasteiger partial charge < -0.3 is 14.2 Å². The molecule has 1 unspecified atom stereocenters. The summed E-state index contributed by atoms with van der Waals surface area (Å²) in [7, 11) is 7.28. The van der Waals surface area contributed by atoms with Crippen LogP contribution in [-0.4, -0.2) is 81.4 Å². The smallest absolute Gasteiger partial charge is 0.415 e. The Bertz CT molecular complexity index is 1690. The van der Waals surface area contributed by atoms with Gasteiger partial charge in [0, 0.05) is 63.1 Å². The minimum atomic E-state index is -0.596. The lowest BCUT2D eigenvalue weighted by atomic mass is 9.88. The lowest BCUT2D eigenvalue weighted by Crippen LogP contribution is -2.34. The standard InChI is InChI=1S/C35H45N7O3/c1-23-20-25(33(43)39(5)6)11-12-27(23)24-10-9-18-42(19-16-24)22-26-21-29-28(15-17-36-32(29)40(26)7)30-13-14-31(38-37-30)41(8)34(44)45-35(2,3)4/h11-15,17,20-21,24H,9-10,16,18-19,22H2,1-8H3. The molecule has 0 bridgehead atoms. The van der Waals surface area contributed by atoms with E-state index in [1.54, 1.807) is 38.3 Å². The zero-order valence-corrected chi connectivity index (χ0v) is 27.8. The largest absolute Gasteiger partial charge is 0.443 e. The van der Waals surface area contributed by atoms with Crippen molar-refractivity contribution in [1.82, 2.24) is 29.5 Å². The van der Waals surface area contributed by atoms with E-state index in [-0.39, 0.29) is 5.91 Å². The zero-order chi connectivity index (χ0) is 32.5. The van der Waals surface area contributed by atoms with Gasteiger partial charge in [0.05, 0.1) is 5.69 Å². The van der Waals surface area contributed by atoms with Gasteiger partial charge in [0.1, 0.15) is 11.2 Å². The van der Waals surface area contributed by atoms with Crippen LogP contribution in [0.25, 0.3) is 22.3 Å². The number of rotatable bonds is 6. The van der Waals surface area contributed by atoms with Crippen molar-refractivity contribution in [2.24, 2.45) is 7.05 Å². The van der Waals surface area contributed by atoms with Crippen molar-refractivity contribution in [1.29, 1.82) is 0 Å². The molecule has 2 amide bonds. The first-order chi connectivity index (χ1) is 21.3. The third-order valence-electron chi connectivity index (χ3n) is 8.54. The van der Waals surface area contributed by atoms with Crippen LogP contribution in [0.15, 0.2) is 48.7 Å². The normalized spacial score (nSPS) is 16.0. The Morgan fingerprint density at radius 3 is 2.44 bits per heavy atom. The van der Waals surface area contributed by atoms with Crippen molar-refractivity contribution in [3.63, 3.8) is 0 Å². The Hall–Kier alpha value is -4.31. The number of likely N-dealkylation sites (tertiary alicyclic amines) is 1. The maximum atomic E-state index is 12.5. The van der Waals surface area contributed by atoms with Crippen molar-refractivity contribution in [3.8, 4) is 11.3 Å². The number of pyridine rings is 1. The van der Waals surface area contributed by atoms with Crippen LogP contribution in [0.4, 0.5) is 10.6 Å². The number of hydrogen-bond acceptors (Lipinski definition) is 7. The molecule has 1 atom stereocenters. The van der Waals surface area contributed by atoms with Crippen molar-refractivity contribution < 1.29 is 14.3 Å². The fraction of sp³-hybridized carbons (Fsp3) is 0.457. The van der Waals surface area contributed by atoms with Gasteiger partial charge in [-0.25, -0.2) is 9.78 Å². The van der Waals surface area contributed by atoms with Crippen LogP contribution >= 0.6 is 0 Å². The van der Waals surface area contributed by atoms with E-state index < -0.39 is 11.7 Å². The van der Waals surface area contributed by atoms with E-state index in [0.29, 0.717) is 17.4 Å². The van der Waals surface area contributed by atoms with Crippen LogP contribution in [-0.2, 0) is 18.3 Å². The lowest BCUT2D eigenvalue weighted by molar-refractivity contribution is 0.0587.